The van der Waals surface area contributed by atoms with E-state index in [-0.39, 0.29) is 5.91 Å². The van der Waals surface area contributed by atoms with Gasteiger partial charge >= 0.3 is 0 Å². The van der Waals surface area contributed by atoms with E-state index in [1.807, 2.05) is 13.8 Å². The van der Waals surface area contributed by atoms with Crippen LogP contribution in [0.15, 0.2) is 29.4 Å². The first-order valence-corrected chi connectivity index (χ1v) is 5.07. The molecule has 0 fully saturated rings. The summed E-state index contributed by atoms with van der Waals surface area (Å²) >= 11 is 0. The van der Waals surface area contributed by atoms with E-state index in [2.05, 4.69) is 15.3 Å². The summed E-state index contributed by atoms with van der Waals surface area (Å²) < 4.78 is 0. The molecule has 1 rings (SSSR count). The van der Waals surface area contributed by atoms with Crippen LogP contribution in [0.25, 0.3) is 10.4 Å². The molecule has 1 aromatic rings. The molecular weight excluding hydrogens is 204 g/mol. The van der Waals surface area contributed by atoms with Gasteiger partial charge in [-0.3, -0.25) is 4.79 Å². The van der Waals surface area contributed by atoms with E-state index >= 15 is 0 Å². The number of para-hydroxylation sites is 1. The van der Waals surface area contributed by atoms with Gasteiger partial charge < -0.3 is 5.32 Å². The number of rotatable bonds is 4. The zero-order valence-electron chi connectivity index (χ0n) is 9.34. The van der Waals surface area contributed by atoms with Gasteiger partial charge in [0, 0.05) is 11.3 Å². The molecule has 5 heteroatoms. The summed E-state index contributed by atoms with van der Waals surface area (Å²) in [5.41, 5.74) is 9.35. The second-order valence-corrected chi connectivity index (χ2v) is 3.85. The highest BCUT2D eigenvalue weighted by Crippen LogP contribution is 2.24. The summed E-state index contributed by atoms with van der Waals surface area (Å²) in [6, 6.07) is 6.90. The number of nitrogens with one attached hydrogen (secondary N) is 1. The summed E-state index contributed by atoms with van der Waals surface area (Å²) in [5.74, 6) is 0.224. The largest absolute Gasteiger partial charge is 0.326 e. The predicted octanol–water partition coefficient (Wildman–Crippen LogP) is 3.61. The number of carbonyl (C=O) groups is 1. The summed E-state index contributed by atoms with van der Waals surface area (Å²) in [4.78, 5) is 14.2. The Morgan fingerprint density at radius 1 is 1.50 bits per heavy atom. The van der Waals surface area contributed by atoms with Crippen LogP contribution in [-0.4, -0.2) is 5.91 Å². The Morgan fingerprint density at radius 3 is 2.81 bits per heavy atom. The van der Waals surface area contributed by atoms with Crippen molar-refractivity contribution < 1.29 is 4.79 Å². The van der Waals surface area contributed by atoms with E-state index in [0.29, 0.717) is 23.7 Å². The van der Waals surface area contributed by atoms with Crippen molar-refractivity contribution in [3.8, 4) is 0 Å². The second-order valence-electron chi connectivity index (χ2n) is 3.85. The molecule has 0 aliphatic carbocycles. The normalized spacial score (nSPS) is 9.69. The van der Waals surface area contributed by atoms with Gasteiger partial charge in [-0.2, -0.15) is 0 Å². The molecule has 0 aromatic heterocycles. The van der Waals surface area contributed by atoms with Crippen LogP contribution in [0.3, 0.4) is 0 Å². The molecule has 0 aliphatic rings. The fourth-order valence-electron chi connectivity index (χ4n) is 1.29. The fourth-order valence-corrected chi connectivity index (χ4v) is 1.29. The lowest BCUT2D eigenvalue weighted by Crippen LogP contribution is -2.13. The molecule has 0 heterocycles. The molecule has 16 heavy (non-hydrogen) atoms. The average Bonchev–Trinajstić information content (AvgIpc) is 2.20. The first-order chi connectivity index (χ1) is 7.63. The Morgan fingerprint density at radius 2 is 2.19 bits per heavy atom. The smallest absolute Gasteiger partial charge is 0.224 e. The van der Waals surface area contributed by atoms with Gasteiger partial charge in [-0.05, 0) is 17.5 Å². The van der Waals surface area contributed by atoms with Crippen LogP contribution in [0.1, 0.15) is 20.3 Å². The van der Waals surface area contributed by atoms with E-state index in [0.717, 1.165) is 0 Å². The van der Waals surface area contributed by atoms with E-state index in [4.69, 9.17) is 5.53 Å². The minimum atomic E-state index is -0.0735. The standard InChI is InChI=1S/C11H14N4O/c1-8(2)7-11(16)13-9-5-3-4-6-10(9)14-15-12/h3-6,8H,7H2,1-2H3,(H,13,16). The van der Waals surface area contributed by atoms with Gasteiger partial charge in [-0.1, -0.05) is 37.2 Å². The quantitative estimate of drug-likeness (QED) is 0.467. The van der Waals surface area contributed by atoms with Gasteiger partial charge in [0.05, 0.1) is 11.4 Å². The third kappa shape index (κ3) is 3.63. The summed E-state index contributed by atoms with van der Waals surface area (Å²) in [5, 5.41) is 6.23. The van der Waals surface area contributed by atoms with E-state index in [9.17, 15) is 4.79 Å². The molecule has 84 valence electrons. The van der Waals surface area contributed by atoms with Crippen molar-refractivity contribution in [2.75, 3.05) is 5.32 Å². The Kier molecular flexibility index (Phi) is 4.36. The second kappa shape index (κ2) is 5.78. The molecule has 1 amide bonds. The number of carbonyl (C=O) groups excluding carboxylic acids is 1. The maximum atomic E-state index is 11.5. The van der Waals surface area contributed by atoms with Gasteiger partial charge in [-0.25, -0.2) is 0 Å². The van der Waals surface area contributed by atoms with Crippen molar-refractivity contribution in [2.24, 2.45) is 11.0 Å². The molecule has 0 radical (unpaired) electrons. The predicted molar refractivity (Wildman–Crippen MR) is 63.3 cm³/mol. The lowest BCUT2D eigenvalue weighted by molar-refractivity contribution is -0.116. The van der Waals surface area contributed by atoms with Crippen molar-refractivity contribution in [3.05, 3.63) is 34.7 Å². The van der Waals surface area contributed by atoms with Crippen molar-refractivity contribution in [1.82, 2.24) is 0 Å². The topological polar surface area (TPSA) is 77.9 Å². The highest BCUT2D eigenvalue weighted by atomic mass is 16.1. The molecule has 5 nitrogen and oxygen atoms in total. The SMILES string of the molecule is CC(C)CC(=O)Nc1ccccc1N=[N+]=[N-]. The third-order valence-corrected chi connectivity index (χ3v) is 1.92. The number of nitrogens with zero attached hydrogens (tertiary/aromatic N) is 3. The highest BCUT2D eigenvalue weighted by Gasteiger charge is 2.07. The van der Waals surface area contributed by atoms with Crippen molar-refractivity contribution >= 4 is 17.3 Å². The lowest BCUT2D eigenvalue weighted by Gasteiger charge is -2.08. The Hall–Kier alpha value is -2.00. The van der Waals surface area contributed by atoms with Crippen LogP contribution in [-0.2, 0) is 4.79 Å². The van der Waals surface area contributed by atoms with Crippen molar-refractivity contribution in [2.45, 2.75) is 20.3 Å². The number of azide groups is 1. The maximum Gasteiger partial charge on any atom is 0.224 e. The number of hydrogen-bond acceptors (Lipinski definition) is 2. The first-order valence-electron chi connectivity index (χ1n) is 5.07. The molecular formula is C11H14N4O. The fraction of sp³-hybridized carbons (Fsp3) is 0.364. The van der Waals surface area contributed by atoms with Crippen LogP contribution in [0.2, 0.25) is 0 Å². The first kappa shape index (κ1) is 12.1. The molecule has 0 bridgehead atoms. The molecule has 0 saturated heterocycles. The minimum Gasteiger partial charge on any atom is -0.326 e. The summed E-state index contributed by atoms with van der Waals surface area (Å²) in [6.45, 7) is 3.94. The van der Waals surface area contributed by atoms with Crippen LogP contribution < -0.4 is 5.32 Å². The maximum absolute atomic E-state index is 11.5. The Bertz CT molecular complexity index is 422. The van der Waals surface area contributed by atoms with Gasteiger partial charge in [0.25, 0.3) is 0 Å². The molecule has 0 spiro atoms. The number of amides is 1. The zero-order chi connectivity index (χ0) is 12.0. The van der Waals surface area contributed by atoms with Gasteiger partial charge in [0.2, 0.25) is 5.91 Å². The van der Waals surface area contributed by atoms with Crippen molar-refractivity contribution in [1.29, 1.82) is 0 Å². The molecule has 0 aliphatic heterocycles. The molecule has 1 N–H and O–H groups in total. The van der Waals surface area contributed by atoms with E-state index in [1.165, 1.54) is 0 Å². The molecule has 0 atom stereocenters. The summed E-state index contributed by atoms with van der Waals surface area (Å²) in [7, 11) is 0. The van der Waals surface area contributed by atoms with Gasteiger partial charge in [0.15, 0.2) is 0 Å². The Labute approximate surface area is 94.1 Å². The number of hydrogen-bond donors (Lipinski definition) is 1. The summed E-state index contributed by atoms with van der Waals surface area (Å²) in [6.07, 6.45) is 0.449. The van der Waals surface area contributed by atoms with E-state index < -0.39 is 0 Å². The Balaban J connectivity index is 2.80. The zero-order valence-corrected chi connectivity index (χ0v) is 9.34. The molecule has 0 unspecified atom stereocenters. The van der Waals surface area contributed by atoms with Crippen LogP contribution in [0, 0.1) is 5.92 Å². The third-order valence-electron chi connectivity index (χ3n) is 1.92. The van der Waals surface area contributed by atoms with Crippen LogP contribution >= 0.6 is 0 Å². The number of benzene rings is 1. The van der Waals surface area contributed by atoms with Gasteiger partial charge in [-0.15, -0.1) is 0 Å². The van der Waals surface area contributed by atoms with Crippen LogP contribution in [0.4, 0.5) is 11.4 Å². The minimum absolute atomic E-state index is 0.0735. The van der Waals surface area contributed by atoms with E-state index in [1.54, 1.807) is 24.3 Å². The van der Waals surface area contributed by atoms with Crippen LogP contribution in [0.5, 0.6) is 0 Å². The average molecular weight is 218 g/mol. The van der Waals surface area contributed by atoms with Gasteiger partial charge in [0.1, 0.15) is 0 Å². The lowest BCUT2D eigenvalue weighted by atomic mass is 10.1. The monoisotopic (exact) mass is 218 g/mol. The van der Waals surface area contributed by atoms with Crippen molar-refractivity contribution in [3.63, 3.8) is 0 Å². The highest BCUT2D eigenvalue weighted by molar-refractivity contribution is 5.93. The molecule has 1 aromatic carbocycles. The number of anilines is 1. The molecule has 0 saturated carbocycles.